The van der Waals surface area contributed by atoms with Gasteiger partial charge in [-0.1, -0.05) is 36.4 Å². The topological polar surface area (TPSA) is 69.3 Å². The van der Waals surface area contributed by atoms with Gasteiger partial charge < -0.3 is 9.88 Å². The number of piperazine rings is 1. The zero-order valence-corrected chi connectivity index (χ0v) is 19.3. The van der Waals surface area contributed by atoms with Gasteiger partial charge in [0.25, 0.3) is 11.5 Å². The van der Waals surface area contributed by atoms with Crippen LogP contribution in [0.3, 0.4) is 0 Å². The zero-order valence-electron chi connectivity index (χ0n) is 18.5. The Morgan fingerprint density at radius 3 is 2.56 bits per heavy atom. The summed E-state index contributed by atoms with van der Waals surface area (Å²) in [7, 11) is 0. The SMILES string of the molecule is Cc1sc2nc(C(C)N3CCN(C(=O)c4cccc5ccccc45)CC3)[nH]c(=O)c2c1C. The second kappa shape index (κ2) is 8.15. The highest BCUT2D eigenvalue weighted by atomic mass is 32.1. The molecular formula is C25H26N4O2S. The summed E-state index contributed by atoms with van der Waals surface area (Å²) in [6.45, 7) is 8.84. The molecular weight excluding hydrogens is 420 g/mol. The fourth-order valence-corrected chi connectivity index (χ4v) is 5.57. The van der Waals surface area contributed by atoms with Crippen molar-refractivity contribution in [1.82, 2.24) is 19.8 Å². The fraction of sp³-hybridized carbons (Fsp3) is 0.320. The number of nitrogens with one attached hydrogen (secondary N) is 1. The number of aryl methyl sites for hydroxylation is 2. The highest BCUT2D eigenvalue weighted by molar-refractivity contribution is 7.18. The summed E-state index contributed by atoms with van der Waals surface area (Å²) < 4.78 is 0. The lowest BCUT2D eigenvalue weighted by Crippen LogP contribution is -2.49. The summed E-state index contributed by atoms with van der Waals surface area (Å²) in [6, 6.07) is 13.9. The minimum atomic E-state index is -0.0662. The molecule has 4 aromatic rings. The van der Waals surface area contributed by atoms with E-state index in [1.165, 1.54) is 0 Å². The Morgan fingerprint density at radius 1 is 1.06 bits per heavy atom. The molecule has 1 aliphatic heterocycles. The predicted octanol–water partition coefficient (Wildman–Crippen LogP) is 4.27. The first kappa shape index (κ1) is 20.8. The maximum absolute atomic E-state index is 13.2. The van der Waals surface area contributed by atoms with Crippen LogP contribution in [0, 0.1) is 13.8 Å². The number of H-pyrrole nitrogens is 1. The molecule has 5 rings (SSSR count). The van der Waals surface area contributed by atoms with Crippen molar-refractivity contribution >= 4 is 38.2 Å². The van der Waals surface area contributed by atoms with Gasteiger partial charge in [0.2, 0.25) is 0 Å². The van der Waals surface area contributed by atoms with Crippen molar-refractivity contribution in [3.05, 3.63) is 74.6 Å². The normalized spacial score (nSPS) is 16.0. The minimum Gasteiger partial charge on any atom is -0.336 e. The molecule has 7 heteroatoms. The Kier molecular flexibility index (Phi) is 5.31. The first-order chi connectivity index (χ1) is 15.4. The lowest BCUT2D eigenvalue weighted by atomic mass is 10.0. The van der Waals surface area contributed by atoms with Crippen LogP contribution in [0.25, 0.3) is 21.0 Å². The molecule has 2 aromatic heterocycles. The van der Waals surface area contributed by atoms with Crippen LogP contribution in [-0.4, -0.2) is 51.9 Å². The Labute approximate surface area is 190 Å². The maximum atomic E-state index is 13.2. The van der Waals surface area contributed by atoms with E-state index >= 15 is 0 Å². The number of hydrogen-bond acceptors (Lipinski definition) is 5. The molecule has 2 aromatic carbocycles. The van der Waals surface area contributed by atoms with Crippen molar-refractivity contribution in [2.24, 2.45) is 0 Å². The van der Waals surface area contributed by atoms with Crippen LogP contribution in [0.4, 0.5) is 0 Å². The van der Waals surface area contributed by atoms with Crippen molar-refractivity contribution < 1.29 is 4.79 Å². The molecule has 0 saturated carbocycles. The van der Waals surface area contributed by atoms with Gasteiger partial charge in [0.1, 0.15) is 10.7 Å². The van der Waals surface area contributed by atoms with Gasteiger partial charge in [-0.3, -0.25) is 14.5 Å². The van der Waals surface area contributed by atoms with Crippen molar-refractivity contribution in [3.63, 3.8) is 0 Å². The van der Waals surface area contributed by atoms with Crippen LogP contribution >= 0.6 is 11.3 Å². The van der Waals surface area contributed by atoms with E-state index < -0.39 is 0 Å². The number of carbonyl (C=O) groups excluding carboxylic acids is 1. The maximum Gasteiger partial charge on any atom is 0.259 e. The molecule has 3 heterocycles. The molecule has 32 heavy (non-hydrogen) atoms. The molecule has 1 N–H and O–H groups in total. The van der Waals surface area contributed by atoms with Gasteiger partial charge in [-0.2, -0.15) is 0 Å². The van der Waals surface area contributed by atoms with Crippen LogP contribution in [-0.2, 0) is 0 Å². The van der Waals surface area contributed by atoms with Gasteiger partial charge in [0, 0.05) is 36.6 Å². The number of amides is 1. The van der Waals surface area contributed by atoms with Gasteiger partial charge >= 0.3 is 0 Å². The molecule has 0 bridgehead atoms. The second-order valence-corrected chi connectivity index (χ2v) is 9.65. The Morgan fingerprint density at radius 2 is 1.78 bits per heavy atom. The number of aromatic nitrogens is 2. The molecule has 0 spiro atoms. The number of rotatable bonds is 3. The van der Waals surface area contributed by atoms with Gasteiger partial charge in [-0.15, -0.1) is 11.3 Å². The molecule has 0 aliphatic carbocycles. The smallest absolute Gasteiger partial charge is 0.259 e. The van der Waals surface area contributed by atoms with Gasteiger partial charge in [0.05, 0.1) is 11.4 Å². The van der Waals surface area contributed by atoms with E-state index in [1.807, 2.05) is 61.2 Å². The summed E-state index contributed by atoms with van der Waals surface area (Å²) in [5, 5.41) is 2.77. The van der Waals surface area contributed by atoms with Gasteiger partial charge in [0.15, 0.2) is 0 Å². The van der Waals surface area contributed by atoms with Crippen molar-refractivity contribution in [2.75, 3.05) is 26.2 Å². The molecule has 1 fully saturated rings. The first-order valence-corrected chi connectivity index (χ1v) is 11.8. The fourth-order valence-electron chi connectivity index (χ4n) is 4.54. The average Bonchev–Trinajstić information content (AvgIpc) is 3.11. The molecule has 1 saturated heterocycles. The third-order valence-corrected chi connectivity index (χ3v) is 7.72. The molecule has 1 amide bonds. The van der Waals surface area contributed by atoms with Crippen molar-refractivity contribution in [1.29, 1.82) is 0 Å². The van der Waals surface area contributed by atoms with Crippen LogP contribution < -0.4 is 5.56 Å². The minimum absolute atomic E-state index is 0.0235. The van der Waals surface area contributed by atoms with Gasteiger partial charge in [-0.05, 0) is 43.2 Å². The Hall–Kier alpha value is -3.03. The number of thiophene rings is 1. The van der Waals surface area contributed by atoms with Crippen LogP contribution in [0.1, 0.15) is 39.6 Å². The van der Waals surface area contributed by atoms with Crippen molar-refractivity contribution in [2.45, 2.75) is 26.8 Å². The van der Waals surface area contributed by atoms with E-state index in [0.717, 1.165) is 44.7 Å². The zero-order chi connectivity index (χ0) is 22.4. The van der Waals surface area contributed by atoms with Gasteiger partial charge in [-0.25, -0.2) is 4.98 Å². The van der Waals surface area contributed by atoms with E-state index in [4.69, 9.17) is 4.98 Å². The number of aromatic amines is 1. The third-order valence-electron chi connectivity index (χ3n) is 6.62. The van der Waals surface area contributed by atoms with E-state index in [1.54, 1.807) is 11.3 Å². The summed E-state index contributed by atoms with van der Waals surface area (Å²) in [6.07, 6.45) is 0. The number of benzene rings is 2. The molecule has 0 radical (unpaired) electrons. The molecule has 1 atom stereocenters. The lowest BCUT2D eigenvalue weighted by Gasteiger charge is -2.37. The average molecular weight is 447 g/mol. The Bertz CT molecular complexity index is 1380. The van der Waals surface area contributed by atoms with E-state index in [0.29, 0.717) is 24.3 Å². The number of fused-ring (bicyclic) bond motifs is 2. The summed E-state index contributed by atoms with van der Waals surface area (Å²) in [5.74, 6) is 0.768. The summed E-state index contributed by atoms with van der Waals surface area (Å²) >= 11 is 1.57. The second-order valence-electron chi connectivity index (χ2n) is 8.45. The molecule has 164 valence electrons. The Balaban J connectivity index is 1.33. The highest BCUT2D eigenvalue weighted by Gasteiger charge is 2.27. The summed E-state index contributed by atoms with van der Waals surface area (Å²) in [5.41, 5.74) is 1.70. The van der Waals surface area contributed by atoms with Crippen LogP contribution in [0.15, 0.2) is 47.3 Å². The molecule has 1 aliphatic rings. The predicted molar refractivity (Wildman–Crippen MR) is 130 cm³/mol. The van der Waals surface area contributed by atoms with Crippen LogP contribution in [0.2, 0.25) is 0 Å². The summed E-state index contributed by atoms with van der Waals surface area (Å²) in [4.78, 5) is 39.8. The first-order valence-electron chi connectivity index (χ1n) is 10.9. The third kappa shape index (κ3) is 3.51. The van der Waals surface area contributed by atoms with E-state index in [9.17, 15) is 9.59 Å². The van der Waals surface area contributed by atoms with E-state index in [2.05, 4.69) is 16.8 Å². The number of nitrogens with zero attached hydrogens (tertiary/aromatic N) is 3. The highest BCUT2D eigenvalue weighted by Crippen LogP contribution is 2.28. The monoisotopic (exact) mass is 446 g/mol. The number of carbonyl (C=O) groups is 1. The molecule has 1 unspecified atom stereocenters. The quantitative estimate of drug-likeness (QED) is 0.510. The van der Waals surface area contributed by atoms with Crippen molar-refractivity contribution in [3.8, 4) is 0 Å². The largest absolute Gasteiger partial charge is 0.336 e. The standard InChI is InChI=1S/C25H26N4O2S/c1-15-17(3)32-24-21(15)23(30)26-22(27-24)16(2)28-11-13-29(14-12-28)25(31)20-10-6-8-18-7-4-5-9-19(18)20/h4-10,16H,11-14H2,1-3H3,(H,26,27,30). The molecule has 6 nitrogen and oxygen atoms in total. The van der Waals surface area contributed by atoms with E-state index in [-0.39, 0.29) is 17.5 Å². The number of hydrogen-bond donors (Lipinski definition) is 1. The van der Waals surface area contributed by atoms with Crippen LogP contribution in [0.5, 0.6) is 0 Å². The lowest BCUT2D eigenvalue weighted by molar-refractivity contribution is 0.0577.